The van der Waals surface area contributed by atoms with Gasteiger partial charge >= 0.3 is 11.8 Å². The average Bonchev–Trinajstić information content (AvgIpc) is 3.07. The van der Waals surface area contributed by atoms with E-state index in [1.54, 1.807) is 24.1 Å². The van der Waals surface area contributed by atoms with Crippen LogP contribution < -0.4 is 15.9 Å². The molecule has 0 saturated carbocycles. The van der Waals surface area contributed by atoms with Gasteiger partial charge in [0.15, 0.2) is 5.67 Å². The van der Waals surface area contributed by atoms with Crippen LogP contribution in [0.3, 0.4) is 0 Å². The Balaban J connectivity index is 1.26. The third-order valence-electron chi connectivity index (χ3n) is 7.42. The highest BCUT2D eigenvalue weighted by Gasteiger charge is 2.46. The number of aryl methyl sites for hydroxylation is 1. The van der Waals surface area contributed by atoms with Crippen LogP contribution in [-0.2, 0) is 21.4 Å². The molecule has 1 atom stereocenters. The van der Waals surface area contributed by atoms with Gasteiger partial charge in [-0.2, -0.15) is 0 Å². The highest BCUT2D eigenvalue weighted by atomic mass is 19.1. The van der Waals surface area contributed by atoms with Gasteiger partial charge < -0.3 is 14.5 Å². The summed E-state index contributed by atoms with van der Waals surface area (Å²) >= 11 is 0. The molecule has 1 aromatic heterocycles. The predicted molar refractivity (Wildman–Crippen MR) is 139 cm³/mol. The monoisotopic (exact) mass is 530 g/mol. The van der Waals surface area contributed by atoms with Crippen LogP contribution in [-0.4, -0.2) is 93.9 Å². The van der Waals surface area contributed by atoms with Gasteiger partial charge in [-0.25, -0.2) is 14.0 Å². The zero-order chi connectivity index (χ0) is 27.4. The van der Waals surface area contributed by atoms with Crippen LogP contribution in [0.1, 0.15) is 39.7 Å². The van der Waals surface area contributed by atoms with Crippen molar-refractivity contribution < 1.29 is 23.5 Å². The summed E-state index contributed by atoms with van der Waals surface area (Å²) in [4.78, 5) is 55.2. The minimum absolute atomic E-state index is 0.168. The summed E-state index contributed by atoms with van der Waals surface area (Å²) in [5, 5.41) is 2.32. The number of hydrogen-bond donors (Lipinski definition) is 1. The lowest BCUT2D eigenvalue weighted by molar-refractivity contribution is -0.135. The van der Waals surface area contributed by atoms with Crippen LogP contribution >= 0.6 is 0 Å². The van der Waals surface area contributed by atoms with E-state index in [4.69, 9.17) is 4.74 Å². The number of para-hydroxylation sites is 1. The molecule has 0 aliphatic carbocycles. The number of benzene rings is 1. The summed E-state index contributed by atoms with van der Waals surface area (Å²) in [6, 6.07) is 4.66. The van der Waals surface area contributed by atoms with Crippen molar-refractivity contribution in [2.75, 3.05) is 50.7 Å². The number of ether oxygens (including phenoxy) is 1. The Labute approximate surface area is 220 Å². The molecule has 0 spiro atoms. The normalized spacial score (nSPS) is 22.4. The van der Waals surface area contributed by atoms with Gasteiger partial charge in [0.1, 0.15) is 11.6 Å². The third kappa shape index (κ3) is 4.89. The summed E-state index contributed by atoms with van der Waals surface area (Å²) in [6.07, 6.45) is 0.0818. The molecule has 38 heavy (non-hydrogen) atoms. The fourth-order valence-electron chi connectivity index (χ4n) is 5.63. The maximum absolute atomic E-state index is 15.7. The molecular weight excluding hydrogens is 495 g/mol. The average molecular weight is 531 g/mol. The Kier molecular flexibility index (Phi) is 6.49. The number of nitrogens with zero attached hydrogens (tertiary/aromatic N) is 5. The van der Waals surface area contributed by atoms with Crippen LogP contribution in [0, 0.1) is 0 Å². The summed E-state index contributed by atoms with van der Waals surface area (Å²) < 4.78 is 24.1. The lowest BCUT2D eigenvalue weighted by Gasteiger charge is -2.49. The van der Waals surface area contributed by atoms with E-state index in [0.29, 0.717) is 37.2 Å². The highest BCUT2D eigenvalue weighted by Crippen LogP contribution is 2.36. The molecule has 2 aromatic rings. The van der Waals surface area contributed by atoms with E-state index >= 15 is 4.39 Å². The van der Waals surface area contributed by atoms with Crippen molar-refractivity contribution in [3.05, 3.63) is 28.7 Å². The summed E-state index contributed by atoms with van der Waals surface area (Å²) in [5.41, 5.74) is -0.370. The number of anilines is 1. The van der Waals surface area contributed by atoms with E-state index < -0.39 is 23.2 Å². The fourth-order valence-corrected chi connectivity index (χ4v) is 5.63. The number of fused-ring (bicyclic) bond motifs is 1. The molecule has 0 bridgehead atoms. The summed E-state index contributed by atoms with van der Waals surface area (Å²) in [7, 11) is 1.64. The van der Waals surface area contributed by atoms with E-state index in [2.05, 4.69) is 5.32 Å². The molecule has 11 nitrogen and oxygen atoms in total. The van der Waals surface area contributed by atoms with Crippen molar-refractivity contribution in [1.29, 1.82) is 0 Å². The second-order valence-corrected chi connectivity index (χ2v) is 11.6. The molecule has 1 unspecified atom stereocenters. The van der Waals surface area contributed by atoms with Crippen molar-refractivity contribution in [2.24, 2.45) is 7.05 Å². The number of piperidine rings is 1. The van der Waals surface area contributed by atoms with Crippen molar-refractivity contribution in [3.8, 4) is 0 Å². The first kappa shape index (κ1) is 26.2. The Hall–Kier alpha value is -3.41. The molecule has 3 aliphatic heterocycles. The van der Waals surface area contributed by atoms with Crippen molar-refractivity contribution in [2.45, 2.75) is 50.9 Å². The number of carbonyl (C=O) groups is 3. The molecule has 3 amide bonds. The molecule has 3 aliphatic rings. The molecule has 12 heteroatoms. The topological polar surface area (TPSA) is 109 Å². The molecule has 4 heterocycles. The lowest BCUT2D eigenvalue weighted by atomic mass is 9.94. The molecule has 3 fully saturated rings. The standard InChI is InChI=1S/C26H35FN6O5/c1-25(2,3)38-24(37)31-12-10-30(11-13-31)14-26(27)15-32(16-26)17-6-5-7-18-21(17)29(4)23(36)33(18)19-8-9-20(34)28-22(19)35/h5-7,19H,8-16H2,1-4H3,(H,28,34,35). The Morgan fingerprint density at radius 1 is 1.13 bits per heavy atom. The van der Waals surface area contributed by atoms with Crippen molar-refractivity contribution in [1.82, 2.24) is 24.3 Å². The molecule has 1 N–H and O–H groups in total. The van der Waals surface area contributed by atoms with Gasteiger partial charge in [0, 0.05) is 46.2 Å². The number of imide groups is 1. The van der Waals surface area contributed by atoms with E-state index in [1.165, 1.54) is 9.13 Å². The zero-order valence-corrected chi connectivity index (χ0v) is 22.3. The van der Waals surface area contributed by atoms with Gasteiger partial charge in [-0.1, -0.05) is 6.07 Å². The predicted octanol–water partition coefficient (Wildman–Crippen LogP) is 1.40. The van der Waals surface area contributed by atoms with Gasteiger partial charge in [-0.05, 0) is 39.3 Å². The van der Waals surface area contributed by atoms with Gasteiger partial charge in [0.2, 0.25) is 11.8 Å². The van der Waals surface area contributed by atoms with E-state index in [9.17, 15) is 19.2 Å². The highest BCUT2D eigenvalue weighted by molar-refractivity contribution is 6.00. The first-order valence-corrected chi connectivity index (χ1v) is 13.0. The van der Waals surface area contributed by atoms with E-state index in [0.717, 1.165) is 5.69 Å². The molecule has 0 radical (unpaired) electrons. The number of imidazole rings is 1. The first-order valence-electron chi connectivity index (χ1n) is 13.0. The van der Waals surface area contributed by atoms with Crippen LogP contribution in [0.15, 0.2) is 23.0 Å². The molecule has 5 rings (SSSR count). The first-order chi connectivity index (χ1) is 17.8. The molecule has 1 aromatic carbocycles. The molecular formula is C26H35FN6O5. The number of aromatic nitrogens is 2. The number of hydrogen-bond acceptors (Lipinski definition) is 7. The largest absolute Gasteiger partial charge is 0.444 e. The number of carbonyl (C=O) groups excluding carboxylic acids is 3. The van der Waals surface area contributed by atoms with Gasteiger partial charge in [0.25, 0.3) is 0 Å². The second kappa shape index (κ2) is 9.40. The zero-order valence-electron chi connectivity index (χ0n) is 22.3. The molecule has 3 saturated heterocycles. The quantitative estimate of drug-likeness (QED) is 0.596. The maximum atomic E-state index is 15.7. The van der Waals surface area contributed by atoms with E-state index in [-0.39, 0.29) is 50.2 Å². The number of piperazine rings is 1. The summed E-state index contributed by atoms with van der Waals surface area (Å²) in [5.74, 6) is -0.828. The fraction of sp³-hybridized carbons (Fsp3) is 0.615. The third-order valence-corrected chi connectivity index (χ3v) is 7.42. The number of rotatable bonds is 4. The number of amides is 3. The number of nitrogens with one attached hydrogen (secondary N) is 1. The van der Waals surface area contributed by atoms with Gasteiger partial charge in [-0.15, -0.1) is 0 Å². The Bertz CT molecular complexity index is 1330. The smallest absolute Gasteiger partial charge is 0.410 e. The minimum Gasteiger partial charge on any atom is -0.444 e. The SMILES string of the molecule is Cn1c(=O)n(C2CCC(=O)NC2=O)c2cccc(N3CC(F)(CN4CCN(C(=O)OC(C)(C)C)CC4)C3)c21. The van der Waals surface area contributed by atoms with Crippen LogP contribution in [0.5, 0.6) is 0 Å². The minimum atomic E-state index is -1.42. The van der Waals surface area contributed by atoms with Crippen molar-refractivity contribution in [3.63, 3.8) is 0 Å². The van der Waals surface area contributed by atoms with Crippen LogP contribution in [0.25, 0.3) is 11.0 Å². The maximum Gasteiger partial charge on any atom is 0.410 e. The number of alkyl halides is 1. The van der Waals surface area contributed by atoms with Crippen LogP contribution in [0.2, 0.25) is 0 Å². The van der Waals surface area contributed by atoms with Gasteiger partial charge in [-0.3, -0.25) is 28.9 Å². The lowest BCUT2D eigenvalue weighted by Crippen LogP contribution is -2.65. The van der Waals surface area contributed by atoms with Gasteiger partial charge in [0.05, 0.1) is 29.8 Å². The number of halogens is 1. The van der Waals surface area contributed by atoms with E-state index in [1.807, 2.05) is 36.6 Å². The Morgan fingerprint density at radius 2 is 1.82 bits per heavy atom. The van der Waals surface area contributed by atoms with Crippen molar-refractivity contribution >= 4 is 34.6 Å². The molecule has 206 valence electrons. The summed E-state index contributed by atoms with van der Waals surface area (Å²) in [6.45, 7) is 8.24. The Morgan fingerprint density at radius 3 is 2.45 bits per heavy atom. The second-order valence-electron chi connectivity index (χ2n) is 11.6. The van der Waals surface area contributed by atoms with Crippen LogP contribution in [0.4, 0.5) is 14.9 Å².